The molecule has 19 heavy (non-hydrogen) atoms. The van der Waals surface area contributed by atoms with E-state index in [1.165, 1.54) is 11.3 Å². The minimum Gasteiger partial charge on any atom is -0.345 e. The Morgan fingerprint density at radius 3 is 2.63 bits per heavy atom. The van der Waals surface area contributed by atoms with Gasteiger partial charge in [0.2, 0.25) is 0 Å². The fourth-order valence-corrected chi connectivity index (χ4v) is 2.78. The van der Waals surface area contributed by atoms with Gasteiger partial charge < -0.3 is 5.32 Å². The van der Waals surface area contributed by atoms with Gasteiger partial charge in [0.15, 0.2) is 0 Å². The van der Waals surface area contributed by atoms with Gasteiger partial charge in [-0.05, 0) is 46.6 Å². The number of amides is 1. The Bertz CT molecular complexity index is 628. The van der Waals surface area contributed by atoms with E-state index in [2.05, 4.69) is 27.3 Å². The van der Waals surface area contributed by atoms with Crippen LogP contribution in [0, 0.1) is 11.3 Å². The van der Waals surface area contributed by atoms with Crippen LogP contribution in [0.5, 0.6) is 0 Å². The van der Waals surface area contributed by atoms with Crippen molar-refractivity contribution >= 4 is 33.2 Å². The molecule has 0 spiro atoms. The van der Waals surface area contributed by atoms with Crippen LogP contribution in [0.4, 0.5) is 0 Å². The van der Waals surface area contributed by atoms with E-state index in [9.17, 15) is 4.79 Å². The number of hydrogen-bond acceptors (Lipinski definition) is 3. The Kier molecular flexibility index (Phi) is 4.35. The lowest BCUT2D eigenvalue weighted by Gasteiger charge is -2.13. The lowest BCUT2D eigenvalue weighted by Crippen LogP contribution is -2.26. The molecule has 1 amide bonds. The molecule has 96 valence electrons. The Balaban J connectivity index is 2.06. The fourth-order valence-electron chi connectivity index (χ4n) is 1.64. The van der Waals surface area contributed by atoms with Gasteiger partial charge in [0.1, 0.15) is 0 Å². The number of nitriles is 1. The molecule has 5 heteroatoms. The molecule has 1 unspecified atom stereocenters. The van der Waals surface area contributed by atoms with Crippen molar-refractivity contribution in [2.75, 3.05) is 0 Å². The van der Waals surface area contributed by atoms with Crippen LogP contribution < -0.4 is 5.32 Å². The molecule has 1 aromatic heterocycles. The van der Waals surface area contributed by atoms with Crippen molar-refractivity contribution in [3.05, 3.63) is 56.2 Å². The van der Waals surface area contributed by atoms with Crippen LogP contribution >= 0.6 is 27.3 Å². The van der Waals surface area contributed by atoms with E-state index < -0.39 is 0 Å². The second-order valence-corrected chi connectivity index (χ2v) is 6.36. The van der Waals surface area contributed by atoms with Crippen molar-refractivity contribution in [1.82, 2.24) is 5.32 Å². The first-order chi connectivity index (χ1) is 9.10. The molecular weight excluding hydrogens is 324 g/mol. The topological polar surface area (TPSA) is 52.9 Å². The number of hydrogen-bond donors (Lipinski definition) is 1. The summed E-state index contributed by atoms with van der Waals surface area (Å²) in [5.74, 6) is -0.0983. The molecular formula is C14H11BrN2OS. The molecule has 2 rings (SSSR count). The monoisotopic (exact) mass is 334 g/mol. The molecule has 1 N–H and O–H groups in total. The molecule has 0 fully saturated rings. The summed E-state index contributed by atoms with van der Waals surface area (Å²) in [6, 6.07) is 11.0. The molecule has 1 atom stereocenters. The van der Waals surface area contributed by atoms with Gasteiger partial charge in [0.05, 0.1) is 27.0 Å². The van der Waals surface area contributed by atoms with Gasteiger partial charge >= 0.3 is 0 Å². The van der Waals surface area contributed by atoms with Crippen LogP contribution in [0.2, 0.25) is 0 Å². The van der Waals surface area contributed by atoms with Crippen LogP contribution in [0.3, 0.4) is 0 Å². The Labute approximate surface area is 124 Å². The van der Waals surface area contributed by atoms with Crippen molar-refractivity contribution < 1.29 is 4.79 Å². The van der Waals surface area contributed by atoms with Crippen molar-refractivity contribution in [1.29, 1.82) is 5.26 Å². The molecule has 0 aliphatic heterocycles. The zero-order valence-corrected chi connectivity index (χ0v) is 12.6. The normalized spacial score (nSPS) is 11.6. The number of carbonyl (C=O) groups is 1. The lowest BCUT2D eigenvalue weighted by molar-refractivity contribution is 0.0940. The summed E-state index contributed by atoms with van der Waals surface area (Å²) >= 11 is 4.82. The minimum atomic E-state index is -0.0983. The van der Waals surface area contributed by atoms with Gasteiger partial charge in [-0.3, -0.25) is 4.79 Å². The third kappa shape index (κ3) is 3.43. The highest BCUT2D eigenvalue weighted by Gasteiger charge is 2.12. The van der Waals surface area contributed by atoms with Gasteiger partial charge in [0.25, 0.3) is 5.91 Å². The van der Waals surface area contributed by atoms with E-state index in [0.29, 0.717) is 11.1 Å². The van der Waals surface area contributed by atoms with E-state index in [0.717, 1.165) is 9.35 Å². The highest BCUT2D eigenvalue weighted by molar-refractivity contribution is 9.11. The maximum atomic E-state index is 12.0. The summed E-state index contributed by atoms with van der Waals surface area (Å²) in [4.78, 5) is 12.0. The first kappa shape index (κ1) is 13.8. The van der Waals surface area contributed by atoms with Crippen LogP contribution in [-0.2, 0) is 0 Å². The smallest absolute Gasteiger partial charge is 0.252 e. The first-order valence-electron chi connectivity index (χ1n) is 5.65. The highest BCUT2D eigenvalue weighted by Crippen LogP contribution is 2.21. The SMILES string of the molecule is CC(NC(=O)c1csc(Br)c1)c1ccc(C#N)cc1. The van der Waals surface area contributed by atoms with E-state index in [1.807, 2.05) is 24.4 Å². The third-order valence-electron chi connectivity index (χ3n) is 2.72. The molecule has 0 bridgehead atoms. The molecule has 0 saturated heterocycles. The van der Waals surface area contributed by atoms with E-state index in [4.69, 9.17) is 5.26 Å². The summed E-state index contributed by atoms with van der Waals surface area (Å²) in [5.41, 5.74) is 2.24. The molecule has 1 heterocycles. The van der Waals surface area contributed by atoms with Crippen LogP contribution in [0.15, 0.2) is 39.5 Å². The first-order valence-corrected chi connectivity index (χ1v) is 7.32. The van der Waals surface area contributed by atoms with Crippen molar-refractivity contribution in [3.63, 3.8) is 0 Å². The van der Waals surface area contributed by atoms with Crippen LogP contribution in [0.25, 0.3) is 0 Å². The molecule has 3 nitrogen and oxygen atoms in total. The van der Waals surface area contributed by atoms with E-state index >= 15 is 0 Å². The van der Waals surface area contributed by atoms with Gasteiger partial charge in [-0.1, -0.05) is 12.1 Å². The van der Waals surface area contributed by atoms with Crippen molar-refractivity contribution in [3.8, 4) is 6.07 Å². The molecule has 0 aliphatic carbocycles. The number of nitrogens with zero attached hydrogens (tertiary/aromatic N) is 1. The maximum Gasteiger partial charge on any atom is 0.252 e. The summed E-state index contributed by atoms with van der Waals surface area (Å²) in [6.07, 6.45) is 0. The molecule has 0 radical (unpaired) electrons. The summed E-state index contributed by atoms with van der Waals surface area (Å²) < 4.78 is 0.934. The third-order valence-corrected chi connectivity index (χ3v) is 4.22. The van der Waals surface area contributed by atoms with Crippen molar-refractivity contribution in [2.45, 2.75) is 13.0 Å². The lowest BCUT2D eigenvalue weighted by atomic mass is 10.1. The number of halogens is 1. The number of thiophene rings is 1. The number of rotatable bonds is 3. The van der Waals surface area contributed by atoms with Gasteiger partial charge in [-0.15, -0.1) is 11.3 Å². The summed E-state index contributed by atoms with van der Waals surface area (Å²) in [6.45, 7) is 1.92. The average Bonchev–Trinajstić information content (AvgIpc) is 2.85. The second kappa shape index (κ2) is 6.00. The fraction of sp³-hybridized carbons (Fsp3) is 0.143. The molecule has 0 saturated carbocycles. The van der Waals surface area contributed by atoms with E-state index in [1.54, 1.807) is 18.2 Å². The number of benzene rings is 1. The quantitative estimate of drug-likeness (QED) is 0.926. The Morgan fingerprint density at radius 1 is 1.42 bits per heavy atom. The minimum absolute atomic E-state index is 0.0982. The molecule has 1 aromatic carbocycles. The molecule has 0 aliphatic rings. The van der Waals surface area contributed by atoms with Gasteiger partial charge in [-0.25, -0.2) is 0 Å². The second-order valence-electron chi connectivity index (χ2n) is 4.07. The number of nitrogens with one attached hydrogen (secondary N) is 1. The van der Waals surface area contributed by atoms with Gasteiger partial charge in [0, 0.05) is 5.38 Å². The zero-order valence-electron chi connectivity index (χ0n) is 10.2. The van der Waals surface area contributed by atoms with Gasteiger partial charge in [-0.2, -0.15) is 5.26 Å². The Morgan fingerprint density at radius 2 is 2.11 bits per heavy atom. The zero-order chi connectivity index (χ0) is 13.8. The Hall–Kier alpha value is -1.64. The standard InChI is InChI=1S/C14H11BrN2OS/c1-9(11-4-2-10(7-16)3-5-11)17-14(18)12-6-13(15)19-8-12/h2-6,8-9H,1H3,(H,17,18). The maximum absolute atomic E-state index is 12.0. The summed E-state index contributed by atoms with van der Waals surface area (Å²) in [5, 5.41) is 13.5. The largest absolute Gasteiger partial charge is 0.345 e. The van der Waals surface area contributed by atoms with Crippen LogP contribution in [-0.4, -0.2) is 5.91 Å². The van der Waals surface area contributed by atoms with E-state index in [-0.39, 0.29) is 11.9 Å². The van der Waals surface area contributed by atoms with Crippen LogP contribution in [0.1, 0.15) is 34.5 Å². The summed E-state index contributed by atoms with van der Waals surface area (Å²) in [7, 11) is 0. The highest BCUT2D eigenvalue weighted by atomic mass is 79.9. The average molecular weight is 335 g/mol. The molecule has 2 aromatic rings. The predicted molar refractivity (Wildman–Crippen MR) is 79.1 cm³/mol. The predicted octanol–water partition coefficient (Wildman–Crippen LogP) is 3.87. The van der Waals surface area contributed by atoms with Crippen molar-refractivity contribution in [2.24, 2.45) is 0 Å². The number of carbonyl (C=O) groups excluding carboxylic acids is 1.